The largest absolute Gasteiger partial charge is 0.481 e. The minimum Gasteiger partial charge on any atom is -0.481 e. The Kier molecular flexibility index (Phi) is 4.06. The molecule has 0 aliphatic heterocycles. The monoisotopic (exact) mass is 174 g/mol. The Morgan fingerprint density at radius 2 is 1.92 bits per heavy atom. The first kappa shape index (κ1) is 10.1. The molecule has 0 heterocycles. The number of amides is 4. The molecule has 7 nitrogen and oxygen atoms in total. The van der Waals surface area contributed by atoms with Gasteiger partial charge < -0.3 is 5.11 Å². The predicted molar refractivity (Wildman–Crippen MR) is 35.0 cm³/mol. The zero-order valence-corrected chi connectivity index (χ0v) is 5.86. The van der Waals surface area contributed by atoms with Gasteiger partial charge in [0, 0.05) is 0 Å². The number of rotatable bonds is 3. The topological polar surface area (TPSA) is 113 Å². The van der Waals surface area contributed by atoms with E-state index in [4.69, 9.17) is 5.11 Å². The maximum absolute atomic E-state index is 10.5. The number of hydrogen-bond donors (Lipinski definition) is 3. The minimum absolute atomic E-state index is 0.0728. The van der Waals surface area contributed by atoms with E-state index in [1.807, 2.05) is 0 Å². The summed E-state index contributed by atoms with van der Waals surface area (Å²) in [5.74, 6) is -2.34. The molecule has 0 aromatic carbocycles. The first-order valence-electron chi connectivity index (χ1n) is 2.82. The van der Waals surface area contributed by atoms with Crippen LogP contribution in [0.15, 0.2) is 0 Å². The molecule has 12 heavy (non-hydrogen) atoms. The average molecular weight is 174 g/mol. The zero-order valence-electron chi connectivity index (χ0n) is 5.86. The number of hydrogen-bond acceptors (Lipinski definition) is 4. The molecule has 7 heteroatoms. The number of carboxylic acid groups (broad SMARTS) is 1. The smallest absolute Gasteiger partial charge is 0.327 e. The Morgan fingerprint density at radius 1 is 1.33 bits per heavy atom. The molecule has 0 fully saturated rings. The van der Waals surface area contributed by atoms with Gasteiger partial charge in [-0.25, -0.2) is 4.79 Å². The summed E-state index contributed by atoms with van der Waals surface area (Å²) in [6.07, 6.45) is -0.740. The molecule has 3 N–H and O–H groups in total. The molecular formula is C5H6N2O5. The van der Waals surface area contributed by atoms with Gasteiger partial charge in [-0.05, 0) is 0 Å². The maximum Gasteiger partial charge on any atom is 0.327 e. The summed E-state index contributed by atoms with van der Waals surface area (Å²) in [5.41, 5.74) is 0. The summed E-state index contributed by atoms with van der Waals surface area (Å²) < 4.78 is 0. The minimum atomic E-state index is -1.36. The van der Waals surface area contributed by atoms with Crippen LogP contribution in [0.2, 0.25) is 0 Å². The molecule has 4 amide bonds. The van der Waals surface area contributed by atoms with Crippen LogP contribution >= 0.6 is 0 Å². The molecule has 0 aromatic rings. The molecule has 0 aliphatic carbocycles. The van der Waals surface area contributed by atoms with Crippen LogP contribution in [0.4, 0.5) is 4.79 Å². The van der Waals surface area contributed by atoms with Crippen LogP contribution in [0.3, 0.4) is 0 Å². The molecule has 0 radical (unpaired) electrons. The van der Waals surface area contributed by atoms with Crippen molar-refractivity contribution in [2.45, 2.75) is 6.42 Å². The van der Waals surface area contributed by atoms with Crippen LogP contribution in [0.5, 0.6) is 0 Å². The Morgan fingerprint density at radius 3 is 2.33 bits per heavy atom. The third-order valence-corrected chi connectivity index (χ3v) is 0.755. The van der Waals surface area contributed by atoms with Gasteiger partial charge in [-0.1, -0.05) is 0 Å². The van der Waals surface area contributed by atoms with Crippen molar-refractivity contribution in [1.82, 2.24) is 10.6 Å². The van der Waals surface area contributed by atoms with Gasteiger partial charge in [-0.15, -0.1) is 0 Å². The van der Waals surface area contributed by atoms with Crippen LogP contribution in [0, 0.1) is 0 Å². The molecule has 0 aromatic heterocycles. The molecule has 0 unspecified atom stereocenters. The van der Waals surface area contributed by atoms with Gasteiger partial charge in [0.2, 0.25) is 12.3 Å². The highest BCUT2D eigenvalue weighted by atomic mass is 16.4. The van der Waals surface area contributed by atoms with Crippen molar-refractivity contribution in [1.29, 1.82) is 0 Å². The number of nitrogens with one attached hydrogen (secondary N) is 2. The summed E-state index contributed by atoms with van der Waals surface area (Å²) in [6.45, 7) is 0. The fraction of sp³-hybridized carbons (Fsp3) is 0.200. The van der Waals surface area contributed by atoms with Crippen molar-refractivity contribution in [3.05, 3.63) is 0 Å². The Labute approximate surface area is 66.7 Å². The fourth-order valence-electron chi connectivity index (χ4n) is 0.398. The van der Waals surface area contributed by atoms with Gasteiger partial charge in [0.1, 0.15) is 6.42 Å². The average Bonchev–Trinajstić information content (AvgIpc) is 1.84. The second kappa shape index (κ2) is 4.83. The third-order valence-electron chi connectivity index (χ3n) is 0.755. The standard InChI is InChI=1S/C5H6N2O5/c8-2-6-5(12)7-3(9)1-4(10)11/h2H,1H2,(H,10,11)(H2,6,7,8,9,12). The van der Waals surface area contributed by atoms with Crippen LogP contribution in [-0.2, 0) is 14.4 Å². The van der Waals surface area contributed by atoms with Crippen molar-refractivity contribution >= 4 is 24.3 Å². The SMILES string of the molecule is O=CNC(=O)NC(=O)CC(=O)O. The number of imide groups is 2. The lowest BCUT2D eigenvalue weighted by molar-refractivity contribution is -0.140. The summed E-state index contributed by atoms with van der Waals surface area (Å²) >= 11 is 0. The van der Waals surface area contributed by atoms with E-state index in [1.54, 1.807) is 10.6 Å². The highest BCUT2D eigenvalue weighted by Crippen LogP contribution is 1.78. The number of carbonyl (C=O) groups excluding carboxylic acids is 3. The Balaban J connectivity index is 3.76. The number of aliphatic carboxylic acids is 1. The van der Waals surface area contributed by atoms with E-state index in [-0.39, 0.29) is 6.41 Å². The molecule has 0 bridgehead atoms. The van der Waals surface area contributed by atoms with Crippen LogP contribution in [-0.4, -0.2) is 29.4 Å². The van der Waals surface area contributed by atoms with Crippen molar-refractivity contribution in [3.8, 4) is 0 Å². The van der Waals surface area contributed by atoms with Crippen LogP contribution < -0.4 is 10.6 Å². The molecule has 0 spiro atoms. The fourth-order valence-corrected chi connectivity index (χ4v) is 0.398. The highest BCUT2D eigenvalue weighted by molar-refractivity contribution is 6.03. The van der Waals surface area contributed by atoms with E-state index >= 15 is 0 Å². The molecule has 0 saturated carbocycles. The van der Waals surface area contributed by atoms with E-state index in [0.29, 0.717) is 0 Å². The quantitative estimate of drug-likeness (QED) is 0.354. The van der Waals surface area contributed by atoms with Crippen molar-refractivity contribution < 1.29 is 24.3 Å². The first-order valence-corrected chi connectivity index (χ1v) is 2.82. The first-order chi connectivity index (χ1) is 5.56. The molecule has 0 rings (SSSR count). The highest BCUT2D eigenvalue weighted by Gasteiger charge is 2.10. The van der Waals surface area contributed by atoms with E-state index in [9.17, 15) is 19.2 Å². The van der Waals surface area contributed by atoms with Gasteiger partial charge in [-0.2, -0.15) is 0 Å². The van der Waals surface area contributed by atoms with E-state index < -0.39 is 24.3 Å². The predicted octanol–water partition coefficient (Wildman–Crippen LogP) is -1.56. The lowest BCUT2D eigenvalue weighted by Gasteiger charge is -1.98. The molecule has 0 aliphatic rings. The van der Waals surface area contributed by atoms with Gasteiger partial charge in [0.25, 0.3) is 0 Å². The number of urea groups is 1. The zero-order chi connectivity index (χ0) is 9.56. The van der Waals surface area contributed by atoms with Crippen LogP contribution in [0.1, 0.15) is 6.42 Å². The van der Waals surface area contributed by atoms with E-state index in [1.165, 1.54) is 0 Å². The van der Waals surface area contributed by atoms with E-state index in [2.05, 4.69) is 0 Å². The summed E-state index contributed by atoms with van der Waals surface area (Å²) in [7, 11) is 0. The molecule has 0 saturated heterocycles. The lowest BCUT2D eigenvalue weighted by Crippen LogP contribution is -2.39. The third kappa shape index (κ3) is 4.91. The second-order valence-corrected chi connectivity index (χ2v) is 1.71. The lowest BCUT2D eigenvalue weighted by atomic mass is 10.4. The molecular weight excluding hydrogens is 168 g/mol. The summed E-state index contributed by atoms with van der Waals surface area (Å²) in [5, 5.41) is 11.3. The number of carboxylic acids is 1. The van der Waals surface area contributed by atoms with Gasteiger partial charge in [-0.3, -0.25) is 25.0 Å². The summed E-state index contributed by atoms with van der Waals surface area (Å²) in [6, 6.07) is -1.05. The van der Waals surface area contributed by atoms with Crippen molar-refractivity contribution in [2.24, 2.45) is 0 Å². The van der Waals surface area contributed by atoms with Crippen LogP contribution in [0.25, 0.3) is 0 Å². The normalized spacial score (nSPS) is 8.33. The van der Waals surface area contributed by atoms with Gasteiger partial charge >= 0.3 is 12.0 Å². The Bertz CT molecular complexity index is 224. The maximum atomic E-state index is 10.5. The Hall–Kier alpha value is -1.92. The molecule has 66 valence electrons. The van der Waals surface area contributed by atoms with Crippen molar-refractivity contribution in [2.75, 3.05) is 0 Å². The van der Waals surface area contributed by atoms with Crippen molar-refractivity contribution in [3.63, 3.8) is 0 Å². The second-order valence-electron chi connectivity index (χ2n) is 1.71. The van der Waals surface area contributed by atoms with Gasteiger partial charge in [0.15, 0.2) is 0 Å². The molecule has 0 atom stereocenters. The van der Waals surface area contributed by atoms with E-state index in [0.717, 1.165) is 0 Å². The number of carbonyl (C=O) groups is 4. The summed E-state index contributed by atoms with van der Waals surface area (Å²) in [4.78, 5) is 40.3. The van der Waals surface area contributed by atoms with Gasteiger partial charge in [0.05, 0.1) is 0 Å².